The van der Waals surface area contributed by atoms with Crippen molar-refractivity contribution in [3.8, 4) is 0 Å². The van der Waals surface area contributed by atoms with Crippen LogP contribution in [0.4, 0.5) is 0 Å². The molecular formula is C8H18N2O3S. The summed E-state index contributed by atoms with van der Waals surface area (Å²) in [5, 5.41) is 0. The van der Waals surface area contributed by atoms with Crippen molar-refractivity contribution < 1.29 is 13.2 Å². The second kappa shape index (κ2) is 5.06. The molecule has 0 spiro atoms. The highest BCUT2D eigenvalue weighted by Gasteiger charge is 2.25. The quantitative estimate of drug-likeness (QED) is 0.474. The van der Waals surface area contributed by atoms with E-state index in [1.54, 1.807) is 0 Å². The van der Waals surface area contributed by atoms with Gasteiger partial charge in [-0.3, -0.25) is 11.3 Å². The standard InChI is InChI=1S/C8H18N2O3S/c1-14(11,12)5-3-8(10-9)7-2-4-13-6-7/h7-8,10H,2-6,9H2,1H3. The van der Waals surface area contributed by atoms with Crippen molar-refractivity contribution >= 4 is 9.84 Å². The Hall–Kier alpha value is -0.170. The second-order valence-electron chi connectivity index (χ2n) is 3.82. The summed E-state index contributed by atoms with van der Waals surface area (Å²) in [4.78, 5) is 0. The van der Waals surface area contributed by atoms with E-state index in [2.05, 4.69) is 5.43 Å². The van der Waals surface area contributed by atoms with E-state index in [0.29, 0.717) is 18.9 Å². The van der Waals surface area contributed by atoms with E-state index < -0.39 is 9.84 Å². The number of sulfone groups is 1. The van der Waals surface area contributed by atoms with Gasteiger partial charge in [0.2, 0.25) is 0 Å². The van der Waals surface area contributed by atoms with Crippen LogP contribution in [0.1, 0.15) is 12.8 Å². The average Bonchev–Trinajstić information content (AvgIpc) is 2.56. The van der Waals surface area contributed by atoms with Crippen LogP contribution < -0.4 is 11.3 Å². The summed E-state index contributed by atoms with van der Waals surface area (Å²) in [6.45, 7) is 1.43. The molecule has 0 amide bonds. The van der Waals surface area contributed by atoms with E-state index in [-0.39, 0.29) is 11.8 Å². The fourth-order valence-corrected chi connectivity index (χ4v) is 2.35. The van der Waals surface area contributed by atoms with Gasteiger partial charge in [0, 0.05) is 24.8 Å². The molecule has 6 heteroatoms. The van der Waals surface area contributed by atoms with E-state index in [0.717, 1.165) is 13.0 Å². The van der Waals surface area contributed by atoms with Gasteiger partial charge in [-0.05, 0) is 12.8 Å². The molecule has 1 aliphatic rings. The van der Waals surface area contributed by atoms with Gasteiger partial charge in [-0.2, -0.15) is 0 Å². The van der Waals surface area contributed by atoms with Crippen molar-refractivity contribution in [3.05, 3.63) is 0 Å². The Bertz CT molecular complexity index is 260. The third-order valence-corrected chi connectivity index (χ3v) is 3.52. The molecule has 2 unspecified atom stereocenters. The monoisotopic (exact) mass is 222 g/mol. The summed E-state index contributed by atoms with van der Waals surface area (Å²) in [6, 6.07) is 0.0484. The molecule has 5 nitrogen and oxygen atoms in total. The van der Waals surface area contributed by atoms with Crippen molar-refractivity contribution in [3.63, 3.8) is 0 Å². The molecular weight excluding hydrogens is 204 g/mol. The minimum Gasteiger partial charge on any atom is -0.381 e. The van der Waals surface area contributed by atoms with E-state index in [9.17, 15) is 8.42 Å². The third-order valence-electron chi connectivity index (χ3n) is 2.55. The van der Waals surface area contributed by atoms with Crippen LogP contribution in [0.25, 0.3) is 0 Å². The number of ether oxygens (including phenoxy) is 1. The predicted molar refractivity (Wildman–Crippen MR) is 54.4 cm³/mol. The number of hydrazine groups is 1. The molecule has 2 atom stereocenters. The first-order chi connectivity index (χ1) is 6.53. The maximum Gasteiger partial charge on any atom is 0.147 e. The Morgan fingerprint density at radius 1 is 1.64 bits per heavy atom. The summed E-state index contributed by atoms with van der Waals surface area (Å²) >= 11 is 0. The Kier molecular flexibility index (Phi) is 4.31. The molecule has 1 aliphatic heterocycles. The molecule has 1 heterocycles. The molecule has 1 saturated heterocycles. The lowest BCUT2D eigenvalue weighted by Gasteiger charge is -2.20. The summed E-state index contributed by atoms with van der Waals surface area (Å²) in [7, 11) is -2.90. The first-order valence-corrected chi connectivity index (χ1v) is 6.80. The van der Waals surface area contributed by atoms with Gasteiger partial charge < -0.3 is 4.74 Å². The average molecular weight is 222 g/mol. The lowest BCUT2D eigenvalue weighted by Crippen LogP contribution is -2.42. The second-order valence-corrected chi connectivity index (χ2v) is 6.08. The Balaban J connectivity index is 2.38. The molecule has 3 N–H and O–H groups in total. The zero-order chi connectivity index (χ0) is 10.6. The van der Waals surface area contributed by atoms with Crippen molar-refractivity contribution in [2.24, 2.45) is 11.8 Å². The third kappa shape index (κ3) is 3.91. The van der Waals surface area contributed by atoms with Crippen LogP contribution >= 0.6 is 0 Å². The van der Waals surface area contributed by atoms with Crippen LogP contribution in [0, 0.1) is 5.92 Å². The molecule has 0 radical (unpaired) electrons. The van der Waals surface area contributed by atoms with Gasteiger partial charge in [-0.1, -0.05) is 0 Å². The van der Waals surface area contributed by atoms with Crippen molar-refractivity contribution in [2.75, 3.05) is 25.2 Å². The molecule has 1 fully saturated rings. The van der Waals surface area contributed by atoms with E-state index in [4.69, 9.17) is 10.6 Å². The number of nitrogens with one attached hydrogen (secondary N) is 1. The Morgan fingerprint density at radius 2 is 2.36 bits per heavy atom. The molecule has 1 rings (SSSR count). The van der Waals surface area contributed by atoms with Crippen LogP contribution in [0.15, 0.2) is 0 Å². The highest BCUT2D eigenvalue weighted by Crippen LogP contribution is 2.18. The van der Waals surface area contributed by atoms with Crippen LogP contribution in [-0.2, 0) is 14.6 Å². The van der Waals surface area contributed by atoms with E-state index >= 15 is 0 Å². The predicted octanol–water partition coefficient (Wildman–Crippen LogP) is -0.710. The molecule has 84 valence electrons. The van der Waals surface area contributed by atoms with Gasteiger partial charge in [-0.15, -0.1) is 0 Å². The van der Waals surface area contributed by atoms with Crippen LogP contribution in [-0.4, -0.2) is 39.7 Å². The van der Waals surface area contributed by atoms with Gasteiger partial charge in [-0.25, -0.2) is 8.42 Å². The van der Waals surface area contributed by atoms with Gasteiger partial charge in [0.25, 0.3) is 0 Å². The van der Waals surface area contributed by atoms with Gasteiger partial charge in [0.15, 0.2) is 0 Å². The van der Waals surface area contributed by atoms with Crippen LogP contribution in [0.2, 0.25) is 0 Å². The number of rotatable bonds is 5. The number of hydrogen-bond donors (Lipinski definition) is 2. The molecule has 0 aliphatic carbocycles. The molecule has 0 saturated carbocycles. The Labute approximate surface area is 84.9 Å². The molecule has 0 aromatic rings. The summed E-state index contributed by atoms with van der Waals surface area (Å²) in [5.74, 6) is 5.91. The smallest absolute Gasteiger partial charge is 0.147 e. The van der Waals surface area contributed by atoms with E-state index in [1.807, 2.05) is 0 Å². The zero-order valence-corrected chi connectivity index (χ0v) is 9.22. The lowest BCUT2D eigenvalue weighted by atomic mass is 9.98. The normalized spacial score (nSPS) is 25.1. The molecule has 14 heavy (non-hydrogen) atoms. The fraction of sp³-hybridized carbons (Fsp3) is 1.00. The van der Waals surface area contributed by atoms with Crippen LogP contribution in [0.3, 0.4) is 0 Å². The number of hydrogen-bond acceptors (Lipinski definition) is 5. The maximum absolute atomic E-state index is 11.0. The molecule has 0 bridgehead atoms. The maximum atomic E-state index is 11.0. The van der Waals surface area contributed by atoms with Gasteiger partial charge >= 0.3 is 0 Å². The van der Waals surface area contributed by atoms with Crippen molar-refractivity contribution in [2.45, 2.75) is 18.9 Å². The van der Waals surface area contributed by atoms with Crippen molar-refractivity contribution in [1.82, 2.24) is 5.43 Å². The largest absolute Gasteiger partial charge is 0.381 e. The number of nitrogens with two attached hydrogens (primary N) is 1. The van der Waals surface area contributed by atoms with Crippen LogP contribution in [0.5, 0.6) is 0 Å². The molecule has 0 aromatic heterocycles. The Morgan fingerprint density at radius 3 is 2.79 bits per heavy atom. The van der Waals surface area contributed by atoms with E-state index in [1.165, 1.54) is 6.26 Å². The molecule has 0 aromatic carbocycles. The van der Waals surface area contributed by atoms with Gasteiger partial charge in [0.05, 0.1) is 12.4 Å². The highest BCUT2D eigenvalue weighted by molar-refractivity contribution is 7.90. The minimum atomic E-state index is -2.90. The zero-order valence-electron chi connectivity index (χ0n) is 8.40. The van der Waals surface area contributed by atoms with Gasteiger partial charge in [0.1, 0.15) is 9.84 Å². The first-order valence-electron chi connectivity index (χ1n) is 4.74. The van der Waals surface area contributed by atoms with Crippen molar-refractivity contribution in [1.29, 1.82) is 0 Å². The minimum absolute atomic E-state index is 0.0484. The fourth-order valence-electron chi connectivity index (χ4n) is 1.67. The first kappa shape index (κ1) is 11.9. The summed E-state index contributed by atoms with van der Waals surface area (Å²) < 4.78 is 27.2. The summed E-state index contributed by atoms with van der Waals surface area (Å²) in [5.41, 5.74) is 2.67. The SMILES string of the molecule is CS(=O)(=O)CCC(NN)C1CCOC1. The highest BCUT2D eigenvalue weighted by atomic mass is 32.2. The summed E-state index contributed by atoms with van der Waals surface area (Å²) in [6.07, 6.45) is 2.76. The topological polar surface area (TPSA) is 81.4 Å². The lowest BCUT2D eigenvalue weighted by molar-refractivity contribution is 0.176.